The van der Waals surface area contributed by atoms with E-state index in [-0.39, 0.29) is 17.3 Å². The molecule has 146 valence electrons. The second-order valence-electron chi connectivity index (χ2n) is 5.86. The van der Waals surface area contributed by atoms with Crippen LogP contribution in [-0.2, 0) is 6.18 Å². The van der Waals surface area contributed by atoms with Gasteiger partial charge in [0.15, 0.2) is 5.75 Å². The highest BCUT2D eigenvalue weighted by molar-refractivity contribution is 5.68. The van der Waals surface area contributed by atoms with Crippen molar-refractivity contribution in [2.24, 2.45) is 0 Å². The number of benzene rings is 1. The van der Waals surface area contributed by atoms with Crippen LogP contribution in [0.3, 0.4) is 0 Å². The Morgan fingerprint density at radius 2 is 1.64 bits per heavy atom. The van der Waals surface area contributed by atoms with Gasteiger partial charge in [-0.3, -0.25) is 0 Å². The van der Waals surface area contributed by atoms with Gasteiger partial charge in [-0.05, 0) is 26.0 Å². The minimum atomic E-state index is -4.54. The topological polar surface area (TPSA) is 84.9 Å². The smallest absolute Gasteiger partial charge is 0.420 e. The number of hydrogen-bond acceptors (Lipinski definition) is 7. The summed E-state index contributed by atoms with van der Waals surface area (Å²) < 4.78 is 44.5. The number of rotatable bonds is 5. The third-order valence-electron chi connectivity index (χ3n) is 3.68. The lowest BCUT2D eigenvalue weighted by Crippen LogP contribution is -2.09. The van der Waals surface area contributed by atoms with E-state index in [1.165, 1.54) is 25.6 Å². The first-order chi connectivity index (χ1) is 13.3. The molecule has 0 saturated carbocycles. The highest BCUT2D eigenvalue weighted by atomic mass is 19.4. The lowest BCUT2D eigenvalue weighted by molar-refractivity contribution is -0.138. The molecule has 28 heavy (non-hydrogen) atoms. The van der Waals surface area contributed by atoms with E-state index < -0.39 is 11.7 Å². The van der Waals surface area contributed by atoms with Crippen molar-refractivity contribution in [3.05, 3.63) is 53.7 Å². The molecule has 3 aromatic rings. The van der Waals surface area contributed by atoms with Gasteiger partial charge in [-0.25, -0.2) is 19.9 Å². The molecule has 0 atom stereocenters. The maximum atomic E-state index is 13.2. The zero-order valence-electron chi connectivity index (χ0n) is 15.3. The Kier molecular flexibility index (Phi) is 5.30. The normalized spacial score (nSPS) is 11.2. The SMILES string of the molecule is COc1c(Nc2cc(Nc3cc(C)nc(C)n3)ncn2)cccc1C(F)(F)F. The molecule has 0 bridgehead atoms. The summed E-state index contributed by atoms with van der Waals surface area (Å²) in [6, 6.07) is 7.02. The van der Waals surface area contributed by atoms with Gasteiger partial charge in [-0.15, -0.1) is 0 Å². The molecule has 0 aliphatic carbocycles. The van der Waals surface area contributed by atoms with E-state index in [0.29, 0.717) is 17.5 Å². The average Bonchev–Trinajstić information content (AvgIpc) is 2.60. The van der Waals surface area contributed by atoms with Gasteiger partial charge in [-0.1, -0.05) is 6.07 Å². The van der Waals surface area contributed by atoms with Crippen LogP contribution in [-0.4, -0.2) is 27.0 Å². The summed E-state index contributed by atoms with van der Waals surface area (Å²) in [5.41, 5.74) is 0.0474. The first-order valence-electron chi connectivity index (χ1n) is 8.19. The number of methoxy groups -OCH3 is 1. The number of anilines is 4. The van der Waals surface area contributed by atoms with Crippen LogP contribution in [0.2, 0.25) is 0 Å². The summed E-state index contributed by atoms with van der Waals surface area (Å²) in [5, 5.41) is 5.86. The van der Waals surface area contributed by atoms with Gasteiger partial charge in [-0.2, -0.15) is 13.2 Å². The third kappa shape index (κ3) is 4.45. The Labute approximate surface area is 159 Å². The highest BCUT2D eigenvalue weighted by Crippen LogP contribution is 2.41. The standard InChI is InChI=1S/C18H17F3N6O/c1-10-7-16(25-11(2)24-10)27-15-8-14(22-9-23-15)26-13-6-4-5-12(17(13)28-3)18(19,20)21/h4-9H,1-3H3,(H2,22,23,24,25,26,27). The van der Waals surface area contributed by atoms with Gasteiger partial charge in [0, 0.05) is 17.8 Å². The number of para-hydroxylation sites is 1. The lowest BCUT2D eigenvalue weighted by Gasteiger charge is -2.16. The van der Waals surface area contributed by atoms with Gasteiger partial charge in [0.05, 0.1) is 18.4 Å². The Hall–Kier alpha value is -3.43. The van der Waals surface area contributed by atoms with Gasteiger partial charge < -0.3 is 15.4 Å². The summed E-state index contributed by atoms with van der Waals surface area (Å²) in [7, 11) is 1.18. The molecule has 0 aliphatic rings. The Bertz CT molecular complexity index is 973. The second-order valence-corrected chi connectivity index (χ2v) is 5.86. The van der Waals surface area contributed by atoms with Crippen molar-refractivity contribution in [3.8, 4) is 5.75 Å². The number of ether oxygens (including phenoxy) is 1. The summed E-state index contributed by atoms with van der Waals surface area (Å²) in [6.07, 6.45) is -3.25. The van der Waals surface area contributed by atoms with Crippen LogP contribution >= 0.6 is 0 Å². The quantitative estimate of drug-likeness (QED) is 0.668. The minimum Gasteiger partial charge on any atom is -0.494 e. The fraction of sp³-hybridized carbons (Fsp3) is 0.222. The second kappa shape index (κ2) is 7.67. The molecule has 0 fully saturated rings. The summed E-state index contributed by atoms with van der Waals surface area (Å²) in [5.74, 6) is 1.54. The monoisotopic (exact) mass is 390 g/mol. The zero-order chi connectivity index (χ0) is 20.3. The summed E-state index contributed by atoms with van der Waals surface area (Å²) >= 11 is 0. The fourth-order valence-corrected chi connectivity index (χ4v) is 2.62. The predicted octanol–water partition coefficient (Wildman–Crippen LogP) is 4.40. The number of hydrogen-bond donors (Lipinski definition) is 2. The molecule has 0 aliphatic heterocycles. The van der Waals surface area contributed by atoms with Crippen molar-refractivity contribution in [3.63, 3.8) is 0 Å². The number of halogens is 3. The van der Waals surface area contributed by atoms with Crippen LogP contribution in [0.1, 0.15) is 17.1 Å². The molecule has 1 aromatic carbocycles. The van der Waals surface area contributed by atoms with Gasteiger partial charge in [0.1, 0.15) is 29.6 Å². The van der Waals surface area contributed by atoms with Crippen LogP contribution in [0.5, 0.6) is 5.75 Å². The number of alkyl halides is 3. The summed E-state index contributed by atoms with van der Waals surface area (Å²) in [6.45, 7) is 3.61. The molecule has 2 aromatic heterocycles. The number of aryl methyl sites for hydroxylation is 2. The number of aromatic nitrogens is 4. The van der Waals surface area contributed by atoms with Crippen molar-refractivity contribution >= 4 is 23.1 Å². The van der Waals surface area contributed by atoms with Crippen LogP contribution in [0, 0.1) is 13.8 Å². The first-order valence-corrected chi connectivity index (χ1v) is 8.19. The van der Waals surface area contributed by atoms with E-state index in [0.717, 1.165) is 11.8 Å². The average molecular weight is 390 g/mol. The highest BCUT2D eigenvalue weighted by Gasteiger charge is 2.35. The molecule has 0 spiro atoms. The Morgan fingerprint density at radius 1 is 0.929 bits per heavy atom. The van der Waals surface area contributed by atoms with E-state index in [1.54, 1.807) is 19.1 Å². The van der Waals surface area contributed by atoms with Crippen LogP contribution < -0.4 is 15.4 Å². The van der Waals surface area contributed by atoms with Gasteiger partial charge in [0.2, 0.25) is 0 Å². The molecule has 0 saturated heterocycles. The van der Waals surface area contributed by atoms with Crippen LogP contribution in [0.4, 0.5) is 36.3 Å². The zero-order valence-corrected chi connectivity index (χ0v) is 15.3. The maximum Gasteiger partial charge on any atom is 0.420 e. The fourth-order valence-electron chi connectivity index (χ4n) is 2.62. The van der Waals surface area contributed by atoms with Crippen molar-refractivity contribution in [2.45, 2.75) is 20.0 Å². The molecule has 3 rings (SSSR count). The largest absolute Gasteiger partial charge is 0.494 e. The molecular formula is C18H17F3N6O. The van der Waals surface area contributed by atoms with E-state index in [9.17, 15) is 13.2 Å². The van der Waals surface area contributed by atoms with Gasteiger partial charge in [0.25, 0.3) is 0 Å². The summed E-state index contributed by atoms with van der Waals surface area (Å²) in [4.78, 5) is 16.6. The third-order valence-corrected chi connectivity index (χ3v) is 3.68. The molecule has 2 N–H and O–H groups in total. The molecular weight excluding hydrogens is 373 g/mol. The number of nitrogens with one attached hydrogen (secondary N) is 2. The van der Waals surface area contributed by atoms with Crippen molar-refractivity contribution in [1.82, 2.24) is 19.9 Å². The molecule has 10 heteroatoms. The van der Waals surface area contributed by atoms with Crippen molar-refractivity contribution < 1.29 is 17.9 Å². The Balaban J connectivity index is 1.87. The lowest BCUT2D eigenvalue weighted by atomic mass is 10.1. The van der Waals surface area contributed by atoms with Crippen molar-refractivity contribution in [1.29, 1.82) is 0 Å². The maximum absolute atomic E-state index is 13.2. The van der Waals surface area contributed by atoms with E-state index in [1.807, 2.05) is 6.92 Å². The minimum absolute atomic E-state index is 0.135. The Morgan fingerprint density at radius 3 is 2.29 bits per heavy atom. The van der Waals surface area contributed by atoms with Gasteiger partial charge >= 0.3 is 6.18 Å². The molecule has 0 unspecified atom stereocenters. The molecule has 0 radical (unpaired) electrons. The molecule has 2 heterocycles. The van der Waals surface area contributed by atoms with E-state index >= 15 is 0 Å². The molecule has 0 amide bonds. The molecule has 7 nitrogen and oxygen atoms in total. The van der Waals surface area contributed by atoms with Crippen molar-refractivity contribution in [2.75, 3.05) is 17.7 Å². The van der Waals surface area contributed by atoms with Crippen LogP contribution in [0.15, 0.2) is 36.7 Å². The predicted molar refractivity (Wildman–Crippen MR) is 98.1 cm³/mol. The van der Waals surface area contributed by atoms with E-state index in [2.05, 4.69) is 30.6 Å². The van der Waals surface area contributed by atoms with E-state index in [4.69, 9.17) is 4.74 Å². The first kappa shape index (κ1) is 19.3. The number of nitrogens with zero attached hydrogens (tertiary/aromatic N) is 4. The van der Waals surface area contributed by atoms with Crippen LogP contribution in [0.25, 0.3) is 0 Å².